The molecule has 1 heterocycles. The monoisotopic (exact) mass is 272 g/mol. The van der Waals surface area contributed by atoms with E-state index in [0.29, 0.717) is 13.0 Å². The van der Waals surface area contributed by atoms with Crippen LogP contribution in [0.3, 0.4) is 0 Å². The molecule has 0 radical (unpaired) electrons. The third-order valence-electron chi connectivity index (χ3n) is 2.58. The second kappa shape index (κ2) is 7.45. The van der Waals surface area contributed by atoms with E-state index in [0.717, 1.165) is 24.4 Å². The topological polar surface area (TPSA) is 45.0 Å². The van der Waals surface area contributed by atoms with Gasteiger partial charge in [0.15, 0.2) is 0 Å². The van der Waals surface area contributed by atoms with Crippen molar-refractivity contribution in [3.63, 3.8) is 0 Å². The highest BCUT2D eigenvalue weighted by Gasteiger charge is 1.98. The van der Waals surface area contributed by atoms with Crippen LogP contribution >= 0.6 is 11.3 Å². The number of thiophene rings is 1. The van der Waals surface area contributed by atoms with E-state index in [1.54, 1.807) is 11.3 Å². The van der Waals surface area contributed by atoms with Gasteiger partial charge in [-0.3, -0.25) is 0 Å². The summed E-state index contributed by atoms with van der Waals surface area (Å²) < 4.78 is 5.60. The molecule has 19 heavy (non-hydrogen) atoms. The molecule has 0 aliphatic carbocycles. The zero-order valence-electron chi connectivity index (χ0n) is 10.6. The molecule has 2 aromatic rings. The lowest BCUT2D eigenvalue weighted by Crippen LogP contribution is -1.99. The van der Waals surface area contributed by atoms with Crippen molar-refractivity contribution in [2.45, 2.75) is 19.4 Å². The number of unbranched alkanes of at least 4 members (excludes halogenated alkanes) is 1. The summed E-state index contributed by atoms with van der Waals surface area (Å²) in [6, 6.07) is 14.2. The summed E-state index contributed by atoms with van der Waals surface area (Å²) in [4.78, 5) is 1.31. The van der Waals surface area contributed by atoms with Gasteiger partial charge < -0.3 is 10.1 Å². The Morgan fingerprint density at radius 1 is 1.26 bits per heavy atom. The number of nitrogens with zero attached hydrogens (tertiary/aromatic N) is 1. The summed E-state index contributed by atoms with van der Waals surface area (Å²) >= 11 is 1.74. The third kappa shape index (κ3) is 4.65. The van der Waals surface area contributed by atoms with Crippen LogP contribution in [0.25, 0.3) is 0 Å². The lowest BCUT2D eigenvalue weighted by Gasteiger charge is -2.08. The Bertz CT molecular complexity index is 531. The summed E-state index contributed by atoms with van der Waals surface area (Å²) in [7, 11) is 0. The fourth-order valence-electron chi connectivity index (χ4n) is 1.64. The Morgan fingerprint density at radius 3 is 3.00 bits per heavy atom. The normalized spacial score (nSPS) is 9.84. The van der Waals surface area contributed by atoms with Crippen LogP contribution in [-0.2, 0) is 6.54 Å². The van der Waals surface area contributed by atoms with E-state index >= 15 is 0 Å². The zero-order chi connectivity index (χ0) is 13.3. The Balaban J connectivity index is 1.83. The minimum atomic E-state index is 0.538. The predicted octanol–water partition coefficient (Wildman–Crippen LogP) is 4.04. The standard InChI is InChI=1S/C15H16N2OS/c16-8-1-2-9-18-14-6-3-5-13(11-14)17-12-15-7-4-10-19-15/h3-7,10-11,17H,1-2,9,12H2. The lowest BCUT2D eigenvalue weighted by molar-refractivity contribution is 0.313. The highest BCUT2D eigenvalue weighted by Crippen LogP contribution is 2.19. The van der Waals surface area contributed by atoms with Crippen molar-refractivity contribution >= 4 is 17.0 Å². The van der Waals surface area contributed by atoms with Gasteiger partial charge in [0.25, 0.3) is 0 Å². The van der Waals surface area contributed by atoms with E-state index in [9.17, 15) is 0 Å². The maximum atomic E-state index is 8.45. The van der Waals surface area contributed by atoms with Crippen LogP contribution in [0.15, 0.2) is 41.8 Å². The molecular weight excluding hydrogens is 256 g/mol. The van der Waals surface area contributed by atoms with Gasteiger partial charge in [0.1, 0.15) is 5.75 Å². The summed E-state index contributed by atoms with van der Waals surface area (Å²) in [6.45, 7) is 1.41. The fraction of sp³-hybridized carbons (Fsp3) is 0.267. The molecule has 0 unspecified atom stereocenters. The van der Waals surface area contributed by atoms with Crippen molar-refractivity contribution in [3.05, 3.63) is 46.7 Å². The first-order chi connectivity index (χ1) is 9.38. The van der Waals surface area contributed by atoms with E-state index in [4.69, 9.17) is 10.00 Å². The largest absolute Gasteiger partial charge is 0.493 e. The zero-order valence-corrected chi connectivity index (χ0v) is 11.5. The minimum absolute atomic E-state index is 0.538. The molecule has 1 N–H and O–H groups in total. The van der Waals surface area contributed by atoms with Crippen molar-refractivity contribution < 1.29 is 4.74 Å². The Kier molecular flexibility index (Phi) is 5.27. The van der Waals surface area contributed by atoms with E-state index < -0.39 is 0 Å². The molecule has 0 bridgehead atoms. The van der Waals surface area contributed by atoms with Gasteiger partial charge in [-0.2, -0.15) is 5.26 Å². The molecule has 1 aromatic heterocycles. The number of anilines is 1. The van der Waals surface area contributed by atoms with Crippen LogP contribution in [0, 0.1) is 11.3 Å². The van der Waals surface area contributed by atoms with Gasteiger partial charge >= 0.3 is 0 Å². The van der Waals surface area contributed by atoms with Crippen molar-refractivity contribution in [2.75, 3.05) is 11.9 Å². The first kappa shape index (κ1) is 13.4. The highest BCUT2D eigenvalue weighted by atomic mass is 32.1. The molecule has 1 aromatic carbocycles. The van der Waals surface area contributed by atoms with Crippen LogP contribution in [0.5, 0.6) is 5.75 Å². The van der Waals surface area contributed by atoms with E-state index in [-0.39, 0.29) is 0 Å². The van der Waals surface area contributed by atoms with Gasteiger partial charge in [0, 0.05) is 29.6 Å². The SMILES string of the molecule is N#CCCCOc1cccc(NCc2cccs2)c1. The summed E-state index contributed by atoms with van der Waals surface area (Å²) in [5.41, 5.74) is 1.05. The van der Waals surface area contributed by atoms with E-state index in [1.165, 1.54) is 4.88 Å². The second-order valence-corrected chi connectivity index (χ2v) is 5.10. The van der Waals surface area contributed by atoms with Crippen LogP contribution in [0.1, 0.15) is 17.7 Å². The molecule has 0 aliphatic heterocycles. The van der Waals surface area contributed by atoms with Crippen molar-refractivity contribution in [2.24, 2.45) is 0 Å². The van der Waals surface area contributed by atoms with E-state index in [2.05, 4.69) is 28.9 Å². The average molecular weight is 272 g/mol. The first-order valence-electron chi connectivity index (χ1n) is 6.24. The van der Waals surface area contributed by atoms with Crippen molar-refractivity contribution in [1.29, 1.82) is 5.26 Å². The lowest BCUT2D eigenvalue weighted by atomic mass is 10.3. The molecule has 0 atom stereocenters. The van der Waals surface area contributed by atoms with Gasteiger partial charge in [-0.15, -0.1) is 11.3 Å². The molecule has 0 saturated heterocycles. The molecule has 0 spiro atoms. The van der Waals surface area contributed by atoms with Gasteiger partial charge in [0.2, 0.25) is 0 Å². The molecule has 3 nitrogen and oxygen atoms in total. The Hall–Kier alpha value is -1.99. The molecule has 4 heteroatoms. The summed E-state index contributed by atoms with van der Waals surface area (Å²) in [6.07, 6.45) is 1.31. The third-order valence-corrected chi connectivity index (χ3v) is 3.46. The number of hydrogen-bond acceptors (Lipinski definition) is 4. The van der Waals surface area contributed by atoms with Gasteiger partial charge in [0.05, 0.1) is 12.7 Å². The number of nitriles is 1. The summed E-state index contributed by atoms with van der Waals surface area (Å²) in [5.74, 6) is 0.842. The molecule has 0 saturated carbocycles. The van der Waals surface area contributed by atoms with Crippen LogP contribution < -0.4 is 10.1 Å². The fourth-order valence-corrected chi connectivity index (χ4v) is 2.28. The molecule has 0 fully saturated rings. The highest BCUT2D eigenvalue weighted by molar-refractivity contribution is 7.09. The first-order valence-corrected chi connectivity index (χ1v) is 7.12. The predicted molar refractivity (Wildman–Crippen MR) is 78.4 cm³/mol. The van der Waals surface area contributed by atoms with Crippen LogP contribution in [-0.4, -0.2) is 6.61 Å². The second-order valence-electron chi connectivity index (χ2n) is 4.07. The van der Waals surface area contributed by atoms with Crippen LogP contribution in [0.2, 0.25) is 0 Å². The van der Waals surface area contributed by atoms with Crippen molar-refractivity contribution in [3.8, 4) is 11.8 Å². The van der Waals surface area contributed by atoms with E-state index in [1.807, 2.05) is 24.3 Å². The number of nitrogens with one attached hydrogen (secondary N) is 1. The summed E-state index contributed by atoms with van der Waals surface area (Å²) in [5, 5.41) is 13.9. The van der Waals surface area contributed by atoms with Crippen molar-refractivity contribution in [1.82, 2.24) is 0 Å². The quantitative estimate of drug-likeness (QED) is 0.774. The number of rotatable bonds is 7. The molecule has 0 aliphatic rings. The van der Waals surface area contributed by atoms with Gasteiger partial charge in [-0.05, 0) is 30.0 Å². The maximum absolute atomic E-state index is 8.45. The number of ether oxygens (including phenoxy) is 1. The number of hydrogen-bond donors (Lipinski definition) is 1. The molecular formula is C15H16N2OS. The Morgan fingerprint density at radius 2 is 2.21 bits per heavy atom. The average Bonchev–Trinajstić information content (AvgIpc) is 2.95. The molecule has 2 rings (SSSR count). The van der Waals surface area contributed by atoms with Crippen LogP contribution in [0.4, 0.5) is 5.69 Å². The van der Waals surface area contributed by atoms with Gasteiger partial charge in [-0.25, -0.2) is 0 Å². The molecule has 0 amide bonds. The molecule has 98 valence electrons. The smallest absolute Gasteiger partial charge is 0.121 e. The minimum Gasteiger partial charge on any atom is -0.493 e. The number of benzene rings is 1. The maximum Gasteiger partial charge on any atom is 0.121 e. The Labute approximate surface area is 117 Å². The van der Waals surface area contributed by atoms with Gasteiger partial charge in [-0.1, -0.05) is 12.1 Å².